The normalized spacial score (nSPS) is 12.2. The zero-order valence-electron chi connectivity index (χ0n) is 9.92. The molecule has 0 aliphatic carbocycles. The molecule has 2 aromatic rings. The summed E-state index contributed by atoms with van der Waals surface area (Å²) >= 11 is 0. The van der Waals surface area contributed by atoms with Gasteiger partial charge in [-0.3, -0.25) is 0 Å². The Kier molecular flexibility index (Phi) is 3.35. The van der Waals surface area contributed by atoms with Gasteiger partial charge in [0.2, 0.25) is 0 Å². The van der Waals surface area contributed by atoms with Gasteiger partial charge in [-0.15, -0.1) is 0 Å². The van der Waals surface area contributed by atoms with Crippen LogP contribution in [0.4, 0.5) is 0 Å². The molecule has 0 aliphatic heterocycles. The first kappa shape index (κ1) is 11.5. The third kappa shape index (κ3) is 2.60. The first-order valence-corrected chi connectivity index (χ1v) is 5.40. The van der Waals surface area contributed by atoms with Crippen LogP contribution < -0.4 is 10.5 Å². The second-order valence-electron chi connectivity index (χ2n) is 3.78. The van der Waals surface area contributed by atoms with E-state index < -0.39 is 0 Å². The number of aryl methyl sites for hydroxylation is 1. The molecule has 1 aromatic carbocycles. The topological polar surface area (TPSA) is 61.0 Å². The van der Waals surface area contributed by atoms with Crippen molar-refractivity contribution in [2.24, 2.45) is 5.73 Å². The number of nitrogens with zero attached hydrogens (tertiary/aromatic N) is 2. The van der Waals surface area contributed by atoms with Crippen LogP contribution in [-0.4, -0.2) is 17.1 Å². The van der Waals surface area contributed by atoms with Crippen molar-refractivity contribution in [3.05, 3.63) is 53.6 Å². The molecule has 2 rings (SSSR count). The summed E-state index contributed by atoms with van der Waals surface area (Å²) in [4.78, 5) is 8.39. The van der Waals surface area contributed by atoms with Crippen LogP contribution in [0.25, 0.3) is 0 Å². The zero-order valence-corrected chi connectivity index (χ0v) is 9.92. The lowest BCUT2D eigenvalue weighted by Crippen LogP contribution is -2.14. The molecule has 0 saturated heterocycles. The van der Waals surface area contributed by atoms with E-state index in [9.17, 15) is 0 Å². The molecule has 2 N–H and O–H groups in total. The third-order valence-corrected chi connectivity index (χ3v) is 2.57. The largest absolute Gasteiger partial charge is 0.497 e. The Balaban J connectivity index is 2.33. The summed E-state index contributed by atoms with van der Waals surface area (Å²) in [5, 5.41) is 0. The van der Waals surface area contributed by atoms with Gasteiger partial charge in [0, 0.05) is 6.20 Å². The number of nitrogens with two attached hydrogens (primary N) is 1. The fourth-order valence-corrected chi connectivity index (χ4v) is 1.65. The van der Waals surface area contributed by atoms with Crippen LogP contribution in [0.3, 0.4) is 0 Å². The Hall–Kier alpha value is -1.94. The summed E-state index contributed by atoms with van der Waals surface area (Å²) in [6.45, 7) is 1.85. The maximum absolute atomic E-state index is 6.16. The van der Waals surface area contributed by atoms with Crippen molar-refractivity contribution in [1.82, 2.24) is 9.97 Å². The van der Waals surface area contributed by atoms with Gasteiger partial charge in [0.1, 0.15) is 11.6 Å². The summed E-state index contributed by atoms with van der Waals surface area (Å²) in [6, 6.07) is 9.26. The van der Waals surface area contributed by atoms with Crippen LogP contribution in [0.15, 0.2) is 36.5 Å². The maximum atomic E-state index is 6.16. The standard InChI is InChI=1S/C13H15N3O/c1-9-15-7-6-12(16-9)13(14)10-4-3-5-11(8-10)17-2/h3-8,13H,14H2,1-2H3. The van der Waals surface area contributed by atoms with E-state index in [1.165, 1.54) is 0 Å². The first-order chi connectivity index (χ1) is 8.20. The van der Waals surface area contributed by atoms with E-state index in [2.05, 4.69) is 9.97 Å². The lowest BCUT2D eigenvalue weighted by Gasteiger charge is -2.12. The lowest BCUT2D eigenvalue weighted by molar-refractivity contribution is 0.414. The minimum absolute atomic E-state index is 0.258. The molecule has 1 atom stereocenters. The molecule has 1 aromatic heterocycles. The molecule has 1 unspecified atom stereocenters. The lowest BCUT2D eigenvalue weighted by atomic mass is 10.0. The predicted octanol–water partition coefficient (Wildman–Crippen LogP) is 1.84. The number of hydrogen-bond acceptors (Lipinski definition) is 4. The summed E-state index contributed by atoms with van der Waals surface area (Å²) < 4.78 is 5.18. The highest BCUT2D eigenvalue weighted by molar-refractivity contribution is 5.34. The summed E-state index contributed by atoms with van der Waals surface area (Å²) in [5.74, 6) is 1.52. The molecule has 17 heavy (non-hydrogen) atoms. The number of ether oxygens (including phenoxy) is 1. The first-order valence-electron chi connectivity index (χ1n) is 5.40. The van der Waals surface area contributed by atoms with Gasteiger partial charge < -0.3 is 10.5 Å². The van der Waals surface area contributed by atoms with Gasteiger partial charge in [0.15, 0.2) is 0 Å². The quantitative estimate of drug-likeness (QED) is 0.872. The number of benzene rings is 1. The molecular weight excluding hydrogens is 214 g/mol. The van der Waals surface area contributed by atoms with Crippen molar-refractivity contribution in [3.63, 3.8) is 0 Å². The molecule has 0 spiro atoms. The van der Waals surface area contributed by atoms with E-state index in [-0.39, 0.29) is 6.04 Å². The number of rotatable bonds is 3. The molecule has 1 heterocycles. The van der Waals surface area contributed by atoms with Gasteiger partial charge in [0.05, 0.1) is 18.8 Å². The summed E-state index contributed by atoms with van der Waals surface area (Å²) in [5.41, 5.74) is 7.95. The summed E-state index contributed by atoms with van der Waals surface area (Å²) in [7, 11) is 1.64. The number of methoxy groups -OCH3 is 1. The number of aromatic nitrogens is 2. The highest BCUT2D eigenvalue weighted by Crippen LogP contribution is 2.21. The average Bonchev–Trinajstić information content (AvgIpc) is 2.38. The molecular formula is C13H15N3O. The highest BCUT2D eigenvalue weighted by Gasteiger charge is 2.11. The molecule has 4 heteroatoms. The average molecular weight is 229 g/mol. The smallest absolute Gasteiger partial charge is 0.125 e. The van der Waals surface area contributed by atoms with Gasteiger partial charge in [-0.2, -0.15) is 0 Å². The molecule has 0 bridgehead atoms. The molecule has 88 valence electrons. The second kappa shape index (κ2) is 4.93. The minimum atomic E-state index is -0.258. The second-order valence-corrected chi connectivity index (χ2v) is 3.78. The molecule has 0 amide bonds. The van der Waals surface area contributed by atoms with Crippen LogP contribution in [0.5, 0.6) is 5.75 Å². The molecule has 0 radical (unpaired) electrons. The van der Waals surface area contributed by atoms with Crippen molar-refractivity contribution in [2.45, 2.75) is 13.0 Å². The summed E-state index contributed by atoms with van der Waals surface area (Å²) in [6.07, 6.45) is 1.72. The minimum Gasteiger partial charge on any atom is -0.497 e. The molecule has 0 aliphatic rings. The van der Waals surface area contributed by atoms with Crippen LogP contribution >= 0.6 is 0 Å². The van der Waals surface area contributed by atoms with E-state index >= 15 is 0 Å². The van der Waals surface area contributed by atoms with E-state index in [0.29, 0.717) is 0 Å². The van der Waals surface area contributed by atoms with Gasteiger partial charge in [-0.05, 0) is 30.7 Å². The molecule has 0 saturated carbocycles. The van der Waals surface area contributed by atoms with E-state index in [0.717, 1.165) is 22.8 Å². The Labute approximate surface area is 100 Å². The number of hydrogen-bond donors (Lipinski definition) is 1. The monoisotopic (exact) mass is 229 g/mol. The molecule has 0 fully saturated rings. The zero-order chi connectivity index (χ0) is 12.3. The van der Waals surface area contributed by atoms with E-state index in [1.54, 1.807) is 13.3 Å². The van der Waals surface area contributed by atoms with Gasteiger partial charge >= 0.3 is 0 Å². The van der Waals surface area contributed by atoms with Crippen molar-refractivity contribution in [3.8, 4) is 5.75 Å². The van der Waals surface area contributed by atoms with Crippen molar-refractivity contribution in [2.75, 3.05) is 7.11 Å². The van der Waals surface area contributed by atoms with Crippen LogP contribution in [0.2, 0.25) is 0 Å². The fraction of sp³-hybridized carbons (Fsp3) is 0.231. The van der Waals surface area contributed by atoms with Gasteiger partial charge in [-0.1, -0.05) is 12.1 Å². The predicted molar refractivity (Wildman–Crippen MR) is 65.8 cm³/mol. The Morgan fingerprint density at radius 2 is 2.12 bits per heavy atom. The SMILES string of the molecule is COc1cccc(C(N)c2ccnc(C)n2)c1. The van der Waals surface area contributed by atoms with E-state index in [1.807, 2.05) is 37.3 Å². The highest BCUT2D eigenvalue weighted by atomic mass is 16.5. The van der Waals surface area contributed by atoms with Crippen LogP contribution in [0.1, 0.15) is 23.1 Å². The van der Waals surface area contributed by atoms with Crippen molar-refractivity contribution < 1.29 is 4.74 Å². The van der Waals surface area contributed by atoms with Crippen LogP contribution in [-0.2, 0) is 0 Å². The Morgan fingerprint density at radius 1 is 1.29 bits per heavy atom. The Bertz CT molecular complexity index is 514. The van der Waals surface area contributed by atoms with Crippen molar-refractivity contribution in [1.29, 1.82) is 0 Å². The van der Waals surface area contributed by atoms with Crippen LogP contribution in [0, 0.1) is 6.92 Å². The fourth-order valence-electron chi connectivity index (χ4n) is 1.65. The van der Waals surface area contributed by atoms with E-state index in [4.69, 9.17) is 10.5 Å². The third-order valence-electron chi connectivity index (χ3n) is 2.57. The molecule has 4 nitrogen and oxygen atoms in total. The van der Waals surface area contributed by atoms with Gasteiger partial charge in [-0.25, -0.2) is 9.97 Å². The van der Waals surface area contributed by atoms with Gasteiger partial charge in [0.25, 0.3) is 0 Å². The van der Waals surface area contributed by atoms with Crippen molar-refractivity contribution >= 4 is 0 Å². The Morgan fingerprint density at radius 3 is 2.82 bits per heavy atom. The maximum Gasteiger partial charge on any atom is 0.125 e.